The standard InChI is InChI=1S/C21H36N4O3S/c1-5-22-20(23-11-18-29(26,27)21(2,3)4)25-14-12-24(13-15-25)16-17-28-19-9-7-6-8-10-19/h6-10H,5,11-18H2,1-4H3,(H,22,23). The highest BCUT2D eigenvalue weighted by Crippen LogP contribution is 2.15. The average Bonchev–Trinajstić information content (AvgIpc) is 2.68. The van der Waals surface area contributed by atoms with Gasteiger partial charge < -0.3 is 15.0 Å². The van der Waals surface area contributed by atoms with E-state index in [1.807, 2.05) is 37.3 Å². The maximum absolute atomic E-state index is 12.3. The molecular formula is C21H36N4O3S. The second-order valence-electron chi connectivity index (χ2n) is 8.16. The summed E-state index contributed by atoms with van der Waals surface area (Å²) in [6, 6.07) is 9.87. The van der Waals surface area contributed by atoms with E-state index in [0.717, 1.165) is 51.0 Å². The highest BCUT2D eigenvalue weighted by Gasteiger charge is 2.28. The zero-order valence-electron chi connectivity index (χ0n) is 18.2. The number of nitrogens with one attached hydrogen (secondary N) is 1. The minimum absolute atomic E-state index is 0.0716. The van der Waals surface area contributed by atoms with E-state index in [-0.39, 0.29) is 12.3 Å². The molecule has 1 N–H and O–H groups in total. The summed E-state index contributed by atoms with van der Waals surface area (Å²) in [6.45, 7) is 13.4. The second-order valence-corrected chi connectivity index (χ2v) is 11.0. The number of benzene rings is 1. The number of aliphatic imine (C=N–C) groups is 1. The van der Waals surface area contributed by atoms with Crippen molar-refractivity contribution >= 4 is 15.8 Å². The van der Waals surface area contributed by atoms with Crippen LogP contribution in [0.1, 0.15) is 27.7 Å². The van der Waals surface area contributed by atoms with Crippen LogP contribution in [-0.4, -0.2) is 87.1 Å². The van der Waals surface area contributed by atoms with E-state index in [2.05, 4.69) is 20.1 Å². The number of hydrogen-bond acceptors (Lipinski definition) is 5. The van der Waals surface area contributed by atoms with Crippen LogP contribution in [0.5, 0.6) is 5.75 Å². The zero-order chi connectivity index (χ0) is 21.3. The molecule has 0 bridgehead atoms. The molecular weight excluding hydrogens is 388 g/mol. The van der Waals surface area contributed by atoms with Gasteiger partial charge >= 0.3 is 0 Å². The topological polar surface area (TPSA) is 74.2 Å². The van der Waals surface area contributed by atoms with Gasteiger partial charge in [-0.15, -0.1) is 0 Å². The molecule has 0 aliphatic carbocycles. The zero-order valence-corrected chi connectivity index (χ0v) is 19.0. The molecule has 1 saturated heterocycles. The fraction of sp³-hybridized carbons (Fsp3) is 0.667. The lowest BCUT2D eigenvalue weighted by molar-refractivity contribution is 0.152. The molecule has 1 aromatic carbocycles. The highest BCUT2D eigenvalue weighted by molar-refractivity contribution is 7.92. The second kappa shape index (κ2) is 10.8. The van der Waals surface area contributed by atoms with Crippen LogP contribution in [0.15, 0.2) is 35.3 Å². The molecule has 0 radical (unpaired) electrons. The fourth-order valence-electron chi connectivity index (χ4n) is 3.00. The molecule has 1 aliphatic rings. The average molecular weight is 425 g/mol. The lowest BCUT2D eigenvalue weighted by Gasteiger charge is -2.36. The number of guanidine groups is 1. The molecule has 0 atom stereocenters. The summed E-state index contributed by atoms with van der Waals surface area (Å²) in [6.07, 6.45) is 0. The minimum Gasteiger partial charge on any atom is -0.492 e. The van der Waals surface area contributed by atoms with E-state index in [9.17, 15) is 8.42 Å². The van der Waals surface area contributed by atoms with Crippen molar-refractivity contribution in [2.75, 3.05) is 58.2 Å². The fourth-order valence-corrected chi connectivity index (χ4v) is 3.94. The Morgan fingerprint density at radius 1 is 1.14 bits per heavy atom. The van der Waals surface area contributed by atoms with Crippen LogP contribution in [0, 0.1) is 0 Å². The van der Waals surface area contributed by atoms with Crippen molar-refractivity contribution in [3.63, 3.8) is 0 Å². The maximum atomic E-state index is 12.3. The molecule has 1 aromatic rings. The Balaban J connectivity index is 1.79. The molecule has 0 aromatic heterocycles. The smallest absolute Gasteiger partial charge is 0.194 e. The van der Waals surface area contributed by atoms with E-state index in [1.165, 1.54) is 0 Å². The Labute approximate surface area is 176 Å². The van der Waals surface area contributed by atoms with Crippen LogP contribution in [0.4, 0.5) is 0 Å². The molecule has 164 valence electrons. The molecule has 0 amide bonds. The van der Waals surface area contributed by atoms with Gasteiger partial charge in [-0.3, -0.25) is 9.89 Å². The van der Waals surface area contributed by atoms with Crippen molar-refractivity contribution < 1.29 is 13.2 Å². The summed E-state index contributed by atoms with van der Waals surface area (Å²) in [4.78, 5) is 9.16. The van der Waals surface area contributed by atoms with Gasteiger partial charge in [0.05, 0.1) is 17.0 Å². The largest absolute Gasteiger partial charge is 0.492 e. The lowest BCUT2D eigenvalue weighted by Crippen LogP contribution is -2.53. The predicted molar refractivity (Wildman–Crippen MR) is 119 cm³/mol. The van der Waals surface area contributed by atoms with Crippen molar-refractivity contribution in [1.29, 1.82) is 0 Å². The third-order valence-electron chi connectivity index (χ3n) is 4.98. The van der Waals surface area contributed by atoms with Gasteiger partial charge in [-0.2, -0.15) is 0 Å². The summed E-state index contributed by atoms with van der Waals surface area (Å²) < 4.78 is 29.6. The van der Waals surface area contributed by atoms with E-state index < -0.39 is 14.6 Å². The van der Waals surface area contributed by atoms with Gasteiger partial charge in [-0.25, -0.2) is 8.42 Å². The van der Waals surface area contributed by atoms with Crippen LogP contribution in [0.3, 0.4) is 0 Å². The Kier molecular flexibility index (Phi) is 8.77. The van der Waals surface area contributed by atoms with Gasteiger partial charge in [0.15, 0.2) is 15.8 Å². The van der Waals surface area contributed by atoms with Crippen LogP contribution in [0.25, 0.3) is 0 Å². The van der Waals surface area contributed by atoms with E-state index >= 15 is 0 Å². The third kappa shape index (κ3) is 7.51. The normalized spacial score (nSPS) is 16.7. The van der Waals surface area contributed by atoms with Crippen LogP contribution < -0.4 is 10.1 Å². The maximum Gasteiger partial charge on any atom is 0.194 e. The van der Waals surface area contributed by atoms with Crippen molar-refractivity contribution in [2.45, 2.75) is 32.4 Å². The van der Waals surface area contributed by atoms with Crippen LogP contribution in [0.2, 0.25) is 0 Å². The molecule has 1 fully saturated rings. The Bertz CT molecular complexity index is 737. The molecule has 2 rings (SSSR count). The van der Waals surface area contributed by atoms with E-state index in [4.69, 9.17) is 4.74 Å². The van der Waals surface area contributed by atoms with E-state index in [1.54, 1.807) is 20.8 Å². The first-order chi connectivity index (χ1) is 13.7. The van der Waals surface area contributed by atoms with E-state index in [0.29, 0.717) is 6.61 Å². The molecule has 0 unspecified atom stereocenters. The summed E-state index contributed by atoms with van der Waals surface area (Å²) in [7, 11) is -3.16. The first kappa shape index (κ1) is 23.5. The first-order valence-corrected chi connectivity index (χ1v) is 12.0. The van der Waals surface area contributed by atoms with Gasteiger partial charge in [0, 0.05) is 39.3 Å². The minimum atomic E-state index is -3.16. The summed E-state index contributed by atoms with van der Waals surface area (Å²) >= 11 is 0. The Morgan fingerprint density at radius 2 is 1.79 bits per heavy atom. The number of ether oxygens (including phenoxy) is 1. The number of piperazine rings is 1. The lowest BCUT2D eigenvalue weighted by atomic mass is 10.3. The predicted octanol–water partition coefficient (Wildman–Crippen LogP) is 1.86. The monoisotopic (exact) mass is 424 g/mol. The van der Waals surface area contributed by atoms with Crippen molar-refractivity contribution in [3.05, 3.63) is 30.3 Å². The van der Waals surface area contributed by atoms with Crippen molar-refractivity contribution in [2.24, 2.45) is 4.99 Å². The highest BCUT2D eigenvalue weighted by atomic mass is 32.2. The Hall–Kier alpha value is -1.80. The van der Waals surface area contributed by atoms with Gasteiger partial charge in [-0.05, 0) is 39.8 Å². The Morgan fingerprint density at radius 3 is 2.38 bits per heavy atom. The summed E-state index contributed by atoms with van der Waals surface area (Å²) in [5, 5.41) is 3.29. The molecule has 1 aliphatic heterocycles. The third-order valence-corrected chi connectivity index (χ3v) is 7.57. The van der Waals surface area contributed by atoms with Crippen molar-refractivity contribution in [1.82, 2.24) is 15.1 Å². The quantitative estimate of drug-likeness (QED) is 0.507. The first-order valence-electron chi connectivity index (χ1n) is 10.4. The molecule has 0 saturated carbocycles. The number of rotatable bonds is 8. The van der Waals surface area contributed by atoms with Gasteiger partial charge in [0.2, 0.25) is 0 Å². The van der Waals surface area contributed by atoms with Gasteiger partial charge in [-0.1, -0.05) is 18.2 Å². The number of nitrogens with zero attached hydrogens (tertiary/aromatic N) is 3. The number of hydrogen-bond donors (Lipinski definition) is 1. The van der Waals surface area contributed by atoms with Crippen molar-refractivity contribution in [3.8, 4) is 5.75 Å². The number of sulfone groups is 1. The number of para-hydroxylation sites is 1. The summed E-state index contributed by atoms with van der Waals surface area (Å²) in [5.41, 5.74) is 0. The molecule has 8 heteroatoms. The SMILES string of the molecule is CCNC(=NCCS(=O)(=O)C(C)(C)C)N1CCN(CCOc2ccccc2)CC1. The van der Waals surface area contributed by atoms with Crippen LogP contribution in [-0.2, 0) is 9.84 Å². The molecule has 7 nitrogen and oxygen atoms in total. The summed E-state index contributed by atoms with van der Waals surface area (Å²) in [5.74, 6) is 1.78. The van der Waals surface area contributed by atoms with Gasteiger partial charge in [0.1, 0.15) is 12.4 Å². The molecule has 1 heterocycles. The molecule has 29 heavy (non-hydrogen) atoms. The molecule has 0 spiro atoms. The van der Waals surface area contributed by atoms with Crippen LogP contribution >= 0.6 is 0 Å². The van der Waals surface area contributed by atoms with Gasteiger partial charge in [0.25, 0.3) is 0 Å².